The van der Waals surface area contributed by atoms with E-state index in [9.17, 15) is 4.79 Å². The predicted octanol–water partition coefficient (Wildman–Crippen LogP) is 4.60. The fourth-order valence-corrected chi connectivity index (χ4v) is 4.28. The normalized spacial score (nSPS) is 14.6. The lowest BCUT2D eigenvalue weighted by molar-refractivity contribution is 0.0814. The zero-order chi connectivity index (χ0) is 27.1. The van der Waals surface area contributed by atoms with Crippen molar-refractivity contribution in [3.8, 4) is 40.1 Å². The number of nitrogens with zero attached hydrogens (tertiary/aromatic N) is 2. The summed E-state index contributed by atoms with van der Waals surface area (Å²) in [7, 11) is 7.75. The first-order valence-electron chi connectivity index (χ1n) is 12.1. The first kappa shape index (κ1) is 26.9. The number of nitrogens with one attached hydrogen (secondary N) is 1. The lowest BCUT2D eigenvalue weighted by Gasteiger charge is -2.25. The Hall–Kier alpha value is -4.12. The maximum atomic E-state index is 13.4. The number of hydrogen-bond acceptors (Lipinski definition) is 9. The first-order chi connectivity index (χ1) is 18.5. The van der Waals surface area contributed by atoms with Gasteiger partial charge in [-0.1, -0.05) is 5.16 Å². The molecular weight excluding hydrogens is 494 g/mol. The molecule has 0 radical (unpaired) electrons. The van der Waals surface area contributed by atoms with E-state index in [4.69, 9.17) is 32.9 Å². The van der Waals surface area contributed by atoms with E-state index in [0.29, 0.717) is 64.6 Å². The molecule has 2 aromatic carbocycles. The van der Waals surface area contributed by atoms with Gasteiger partial charge in [-0.3, -0.25) is 0 Å². The molecule has 1 unspecified atom stereocenters. The van der Waals surface area contributed by atoms with Crippen LogP contribution in [0.4, 0.5) is 10.5 Å². The van der Waals surface area contributed by atoms with Gasteiger partial charge in [-0.05, 0) is 25.0 Å². The number of benzene rings is 2. The summed E-state index contributed by atoms with van der Waals surface area (Å²) in [4.78, 5) is 15.0. The smallest absolute Gasteiger partial charge is 0.322 e. The quantitative estimate of drug-likeness (QED) is 0.382. The number of carbonyl (C=O) groups excluding carboxylic acids is 1. The molecule has 1 atom stereocenters. The average Bonchev–Trinajstić information content (AvgIpc) is 3.64. The summed E-state index contributed by atoms with van der Waals surface area (Å²) in [6.45, 7) is 1.29. The van der Waals surface area contributed by atoms with Gasteiger partial charge in [0.15, 0.2) is 17.3 Å². The van der Waals surface area contributed by atoms with E-state index in [2.05, 4.69) is 10.5 Å². The standard InChI is InChI=1S/C27H33N3O8/c1-32-21-11-18(12-22(14-21)33-2)28-27(31)30(16-20-7-6-8-37-20)15-19-13-23(38-29-19)17-9-24(34-3)26(36-5)25(10-17)35-4/h9-14,20H,6-8,15-16H2,1-5H3,(H,28,31). The van der Waals surface area contributed by atoms with Crippen LogP contribution < -0.4 is 29.0 Å². The summed E-state index contributed by atoms with van der Waals surface area (Å²) in [6.07, 6.45) is 1.79. The number of carbonyl (C=O) groups is 1. The summed E-state index contributed by atoms with van der Waals surface area (Å²) in [5, 5.41) is 7.15. The number of amides is 2. The van der Waals surface area contributed by atoms with Crippen LogP contribution in [0.15, 0.2) is 40.9 Å². The first-order valence-corrected chi connectivity index (χ1v) is 12.1. The van der Waals surface area contributed by atoms with Crippen LogP contribution in [0, 0.1) is 0 Å². The number of methoxy groups -OCH3 is 5. The Morgan fingerprint density at radius 3 is 2.18 bits per heavy atom. The second-order valence-corrected chi connectivity index (χ2v) is 8.64. The summed E-state index contributed by atoms with van der Waals surface area (Å²) in [5.41, 5.74) is 1.81. The Kier molecular flexibility index (Phi) is 8.80. The van der Waals surface area contributed by atoms with Gasteiger partial charge >= 0.3 is 6.03 Å². The number of aromatic nitrogens is 1. The van der Waals surface area contributed by atoms with E-state index in [1.165, 1.54) is 0 Å². The van der Waals surface area contributed by atoms with E-state index in [-0.39, 0.29) is 18.7 Å². The van der Waals surface area contributed by atoms with E-state index in [1.807, 2.05) is 0 Å². The lowest BCUT2D eigenvalue weighted by atomic mass is 10.1. The van der Waals surface area contributed by atoms with Gasteiger partial charge in [0, 0.05) is 48.7 Å². The molecule has 0 saturated carbocycles. The third-order valence-corrected chi connectivity index (χ3v) is 6.20. The predicted molar refractivity (Wildman–Crippen MR) is 140 cm³/mol. The molecule has 1 N–H and O–H groups in total. The molecule has 11 nitrogen and oxygen atoms in total. The van der Waals surface area contributed by atoms with Crippen molar-refractivity contribution >= 4 is 11.7 Å². The van der Waals surface area contributed by atoms with Gasteiger partial charge in [-0.2, -0.15) is 0 Å². The molecule has 1 fully saturated rings. The fourth-order valence-electron chi connectivity index (χ4n) is 4.28. The Morgan fingerprint density at radius 1 is 0.947 bits per heavy atom. The zero-order valence-corrected chi connectivity index (χ0v) is 22.2. The molecule has 0 bridgehead atoms. The van der Waals surface area contributed by atoms with Crippen LogP contribution >= 0.6 is 0 Å². The topological polar surface area (TPSA) is 114 Å². The van der Waals surface area contributed by atoms with Crippen molar-refractivity contribution < 1.29 is 37.7 Å². The van der Waals surface area contributed by atoms with Crippen LogP contribution in [0.3, 0.4) is 0 Å². The van der Waals surface area contributed by atoms with Crippen LogP contribution in [-0.4, -0.2) is 70.9 Å². The van der Waals surface area contributed by atoms with Crippen molar-refractivity contribution in [2.45, 2.75) is 25.5 Å². The van der Waals surface area contributed by atoms with Gasteiger partial charge in [-0.15, -0.1) is 0 Å². The van der Waals surface area contributed by atoms with Gasteiger partial charge in [0.25, 0.3) is 0 Å². The largest absolute Gasteiger partial charge is 0.497 e. The summed E-state index contributed by atoms with van der Waals surface area (Å²) < 4.78 is 38.4. The molecule has 204 valence electrons. The number of urea groups is 1. The lowest BCUT2D eigenvalue weighted by Crippen LogP contribution is -2.39. The Bertz CT molecular complexity index is 1190. The van der Waals surface area contributed by atoms with Crippen LogP contribution in [0.2, 0.25) is 0 Å². The third-order valence-electron chi connectivity index (χ3n) is 6.20. The average molecular weight is 528 g/mol. The van der Waals surface area contributed by atoms with Crippen molar-refractivity contribution in [1.29, 1.82) is 0 Å². The van der Waals surface area contributed by atoms with Crippen molar-refractivity contribution in [3.63, 3.8) is 0 Å². The van der Waals surface area contributed by atoms with Crippen LogP contribution in [0.5, 0.6) is 28.7 Å². The van der Waals surface area contributed by atoms with E-state index < -0.39 is 0 Å². The second-order valence-electron chi connectivity index (χ2n) is 8.64. The van der Waals surface area contributed by atoms with Crippen molar-refractivity contribution in [2.75, 3.05) is 54.0 Å². The third kappa shape index (κ3) is 6.23. The minimum absolute atomic E-state index is 0.0536. The van der Waals surface area contributed by atoms with E-state index in [1.54, 1.807) is 76.8 Å². The summed E-state index contributed by atoms with van der Waals surface area (Å²) in [5.74, 6) is 3.09. The molecule has 1 aromatic heterocycles. The number of hydrogen-bond donors (Lipinski definition) is 1. The maximum Gasteiger partial charge on any atom is 0.322 e. The van der Waals surface area contributed by atoms with Crippen molar-refractivity contribution in [1.82, 2.24) is 10.1 Å². The molecular formula is C27H33N3O8. The van der Waals surface area contributed by atoms with Crippen LogP contribution in [0.25, 0.3) is 11.3 Å². The molecule has 0 spiro atoms. The molecule has 38 heavy (non-hydrogen) atoms. The molecule has 0 aliphatic carbocycles. The minimum Gasteiger partial charge on any atom is -0.497 e. The fraction of sp³-hybridized carbons (Fsp3) is 0.407. The zero-order valence-electron chi connectivity index (χ0n) is 22.2. The van der Waals surface area contributed by atoms with E-state index >= 15 is 0 Å². The number of ether oxygens (including phenoxy) is 6. The van der Waals surface area contributed by atoms with Crippen LogP contribution in [-0.2, 0) is 11.3 Å². The molecule has 3 aromatic rings. The molecule has 1 aliphatic rings. The highest BCUT2D eigenvalue weighted by Gasteiger charge is 2.25. The highest BCUT2D eigenvalue weighted by atomic mass is 16.5. The summed E-state index contributed by atoms with van der Waals surface area (Å²) in [6, 6.07) is 10.2. The van der Waals surface area contributed by atoms with Gasteiger partial charge in [0.2, 0.25) is 5.75 Å². The molecule has 2 heterocycles. The molecule has 4 rings (SSSR count). The monoisotopic (exact) mass is 527 g/mol. The number of anilines is 1. The highest BCUT2D eigenvalue weighted by Crippen LogP contribution is 2.41. The molecule has 2 amide bonds. The summed E-state index contributed by atoms with van der Waals surface area (Å²) >= 11 is 0. The Balaban J connectivity index is 1.56. The Labute approximate surface area is 221 Å². The number of rotatable bonds is 11. The van der Waals surface area contributed by atoms with Crippen molar-refractivity contribution in [3.05, 3.63) is 42.1 Å². The molecule has 1 aliphatic heterocycles. The molecule has 11 heteroatoms. The van der Waals surface area contributed by atoms with Gasteiger partial charge in [-0.25, -0.2) is 4.79 Å². The Morgan fingerprint density at radius 2 is 1.63 bits per heavy atom. The molecule has 1 saturated heterocycles. The van der Waals surface area contributed by atoms with Gasteiger partial charge in [0.05, 0.1) is 48.2 Å². The van der Waals surface area contributed by atoms with Gasteiger partial charge in [0.1, 0.15) is 17.2 Å². The van der Waals surface area contributed by atoms with Crippen LogP contribution in [0.1, 0.15) is 18.5 Å². The second kappa shape index (κ2) is 12.4. The van der Waals surface area contributed by atoms with Gasteiger partial charge < -0.3 is 43.2 Å². The highest BCUT2D eigenvalue weighted by molar-refractivity contribution is 5.90. The SMILES string of the molecule is COc1cc(NC(=O)N(Cc2cc(-c3cc(OC)c(OC)c(OC)c3)on2)CC2CCCO2)cc(OC)c1. The maximum absolute atomic E-state index is 13.4. The van der Waals surface area contributed by atoms with Crippen molar-refractivity contribution in [2.24, 2.45) is 0 Å². The minimum atomic E-state index is -0.312. The van der Waals surface area contributed by atoms with E-state index in [0.717, 1.165) is 12.8 Å².